The van der Waals surface area contributed by atoms with E-state index >= 15 is 0 Å². The van der Waals surface area contributed by atoms with Crippen LogP contribution in [-0.4, -0.2) is 5.84 Å². The van der Waals surface area contributed by atoms with Crippen LogP contribution in [0.4, 0.5) is 0 Å². The Bertz CT molecular complexity index is 1160. The van der Waals surface area contributed by atoms with E-state index in [2.05, 4.69) is 73.7 Å². The smallest absolute Gasteiger partial charge is 0.126 e. The van der Waals surface area contributed by atoms with E-state index in [9.17, 15) is 0 Å². The third-order valence-corrected chi connectivity index (χ3v) is 5.10. The highest BCUT2D eigenvalue weighted by atomic mass is 14.9. The molecule has 2 N–H and O–H groups in total. The van der Waals surface area contributed by atoms with Crippen molar-refractivity contribution in [2.24, 2.45) is 10.7 Å². The summed E-state index contributed by atoms with van der Waals surface area (Å²) in [5.41, 5.74) is 10.9. The number of nitrogens with zero attached hydrogens (tertiary/aromatic N) is 1. The van der Waals surface area contributed by atoms with E-state index in [-0.39, 0.29) is 6.04 Å². The van der Waals surface area contributed by atoms with Crippen LogP contribution >= 0.6 is 0 Å². The Morgan fingerprint density at radius 2 is 1.29 bits per heavy atom. The van der Waals surface area contributed by atoms with Crippen molar-refractivity contribution < 1.29 is 0 Å². The van der Waals surface area contributed by atoms with Gasteiger partial charge in [-0.3, -0.25) is 4.99 Å². The predicted octanol–water partition coefficient (Wildman–Crippen LogP) is 7.42. The number of amidine groups is 1. The molecule has 4 aromatic rings. The van der Waals surface area contributed by atoms with Gasteiger partial charge in [-0.1, -0.05) is 117 Å². The Hall–Kier alpha value is -3.65. The molecule has 0 fully saturated rings. The molecule has 0 saturated heterocycles. The van der Waals surface area contributed by atoms with E-state index in [1.807, 2.05) is 56.3 Å². The average molecular weight is 407 g/mol. The van der Waals surface area contributed by atoms with Gasteiger partial charge in [-0.25, -0.2) is 0 Å². The summed E-state index contributed by atoms with van der Waals surface area (Å²) in [7, 11) is 0. The van der Waals surface area contributed by atoms with Crippen molar-refractivity contribution in [1.29, 1.82) is 0 Å². The lowest BCUT2D eigenvalue weighted by molar-refractivity contribution is 0.910. The first-order chi connectivity index (χ1) is 15.2. The zero-order valence-corrected chi connectivity index (χ0v) is 18.5. The first-order valence-corrected chi connectivity index (χ1v) is 10.8. The van der Waals surface area contributed by atoms with Gasteiger partial charge in [0.15, 0.2) is 0 Å². The monoisotopic (exact) mass is 406 g/mol. The molecule has 0 aromatic heterocycles. The summed E-state index contributed by atoms with van der Waals surface area (Å²) < 4.78 is 0. The second kappa shape index (κ2) is 10.9. The lowest BCUT2D eigenvalue weighted by atomic mass is 10.0. The van der Waals surface area contributed by atoms with Crippen molar-refractivity contribution in [3.63, 3.8) is 0 Å². The van der Waals surface area contributed by atoms with Gasteiger partial charge in [0, 0.05) is 5.56 Å². The molecule has 1 atom stereocenters. The standard InChI is InChI=1S/C27H24N2.C2H6/c1-20(21-10-4-2-5-11-21)18-26(23-13-6-3-7-14-23)29-27(28)25-17-16-22-12-8-9-15-24(22)19-25;1-2/h2-19,26H,1H3,(H2,28,29);1-2H3/b20-18+;. The number of fused-ring (bicyclic) bond motifs is 1. The van der Waals surface area contributed by atoms with Crippen molar-refractivity contribution in [3.05, 3.63) is 126 Å². The van der Waals surface area contributed by atoms with Gasteiger partial charge in [0.05, 0.1) is 6.04 Å². The van der Waals surface area contributed by atoms with Crippen LogP contribution in [0.25, 0.3) is 16.3 Å². The highest BCUT2D eigenvalue weighted by Gasteiger charge is 2.10. The van der Waals surface area contributed by atoms with Crippen LogP contribution in [0.5, 0.6) is 0 Å². The van der Waals surface area contributed by atoms with Crippen LogP contribution in [0.1, 0.15) is 43.5 Å². The molecule has 2 heteroatoms. The fraction of sp³-hybridized carbons (Fsp3) is 0.138. The topological polar surface area (TPSA) is 38.4 Å². The number of allylic oxidation sites excluding steroid dienone is 1. The van der Waals surface area contributed by atoms with Crippen LogP contribution in [-0.2, 0) is 0 Å². The van der Waals surface area contributed by atoms with Gasteiger partial charge in [-0.05, 0) is 40.5 Å². The summed E-state index contributed by atoms with van der Waals surface area (Å²) in [6.07, 6.45) is 2.18. The molecule has 0 aliphatic rings. The minimum absolute atomic E-state index is 0.150. The molecule has 1 unspecified atom stereocenters. The third kappa shape index (κ3) is 5.70. The van der Waals surface area contributed by atoms with Crippen molar-refractivity contribution in [3.8, 4) is 0 Å². The fourth-order valence-corrected chi connectivity index (χ4v) is 3.47. The maximum Gasteiger partial charge on any atom is 0.126 e. The predicted molar refractivity (Wildman–Crippen MR) is 135 cm³/mol. The lowest BCUT2D eigenvalue weighted by Gasteiger charge is -2.13. The molecule has 0 aliphatic heterocycles. The molecule has 0 heterocycles. The summed E-state index contributed by atoms with van der Waals surface area (Å²) in [6, 6.07) is 35.0. The number of nitrogens with two attached hydrogens (primary N) is 1. The Labute approximate surface area is 185 Å². The summed E-state index contributed by atoms with van der Waals surface area (Å²) in [6.45, 7) is 6.12. The molecule has 4 aromatic carbocycles. The molecule has 156 valence electrons. The van der Waals surface area contributed by atoms with E-state index < -0.39 is 0 Å². The minimum Gasteiger partial charge on any atom is -0.383 e. The molecule has 0 saturated carbocycles. The molecule has 0 radical (unpaired) electrons. The van der Waals surface area contributed by atoms with Crippen molar-refractivity contribution in [2.45, 2.75) is 26.8 Å². The largest absolute Gasteiger partial charge is 0.383 e. The molecule has 0 bridgehead atoms. The Morgan fingerprint density at radius 1 is 0.710 bits per heavy atom. The first kappa shape index (κ1) is 22.0. The lowest BCUT2D eigenvalue weighted by Crippen LogP contribution is -2.15. The van der Waals surface area contributed by atoms with E-state index in [0.29, 0.717) is 5.84 Å². The SMILES string of the molecule is C/C(=C\C(N=C(N)c1ccc2ccccc2c1)c1ccccc1)c1ccccc1.CC. The summed E-state index contributed by atoms with van der Waals surface area (Å²) >= 11 is 0. The zero-order valence-electron chi connectivity index (χ0n) is 18.5. The van der Waals surface area contributed by atoms with E-state index in [4.69, 9.17) is 10.7 Å². The Kier molecular flexibility index (Phi) is 7.78. The highest BCUT2D eigenvalue weighted by Crippen LogP contribution is 2.25. The molecule has 0 aliphatic carbocycles. The number of aliphatic imine (C=N–C) groups is 1. The number of hydrogen-bond acceptors (Lipinski definition) is 1. The van der Waals surface area contributed by atoms with Gasteiger partial charge >= 0.3 is 0 Å². The molecule has 31 heavy (non-hydrogen) atoms. The second-order valence-electron chi connectivity index (χ2n) is 7.15. The highest BCUT2D eigenvalue weighted by molar-refractivity contribution is 6.01. The van der Waals surface area contributed by atoms with E-state index in [1.165, 1.54) is 16.5 Å². The maximum absolute atomic E-state index is 6.46. The molecular weight excluding hydrogens is 376 g/mol. The molecule has 4 rings (SSSR count). The second-order valence-corrected chi connectivity index (χ2v) is 7.15. The van der Waals surface area contributed by atoms with Gasteiger partial charge in [-0.15, -0.1) is 0 Å². The van der Waals surface area contributed by atoms with Crippen LogP contribution in [0.2, 0.25) is 0 Å². The maximum atomic E-state index is 6.46. The van der Waals surface area contributed by atoms with Gasteiger partial charge in [0.25, 0.3) is 0 Å². The van der Waals surface area contributed by atoms with Crippen molar-refractivity contribution >= 4 is 22.2 Å². The molecular formula is C29H30N2. The molecule has 0 amide bonds. The van der Waals surface area contributed by atoms with Crippen molar-refractivity contribution in [1.82, 2.24) is 0 Å². The van der Waals surface area contributed by atoms with Crippen LogP contribution < -0.4 is 5.73 Å². The molecule has 0 spiro atoms. The number of hydrogen-bond donors (Lipinski definition) is 1. The fourth-order valence-electron chi connectivity index (χ4n) is 3.47. The van der Waals surface area contributed by atoms with E-state index in [1.54, 1.807) is 0 Å². The Morgan fingerprint density at radius 3 is 1.97 bits per heavy atom. The quantitative estimate of drug-likeness (QED) is 0.272. The van der Waals surface area contributed by atoms with Crippen LogP contribution in [0, 0.1) is 0 Å². The van der Waals surface area contributed by atoms with Crippen LogP contribution in [0.3, 0.4) is 0 Å². The van der Waals surface area contributed by atoms with Crippen LogP contribution in [0.15, 0.2) is 114 Å². The summed E-state index contributed by atoms with van der Waals surface area (Å²) in [5, 5.41) is 2.36. The minimum atomic E-state index is -0.150. The van der Waals surface area contributed by atoms with Crippen molar-refractivity contribution in [2.75, 3.05) is 0 Å². The normalized spacial score (nSPS) is 12.7. The van der Waals surface area contributed by atoms with Gasteiger partial charge in [-0.2, -0.15) is 0 Å². The van der Waals surface area contributed by atoms with Gasteiger partial charge in [0.2, 0.25) is 0 Å². The zero-order chi connectivity index (χ0) is 22.1. The number of benzene rings is 4. The van der Waals surface area contributed by atoms with Gasteiger partial charge < -0.3 is 5.73 Å². The average Bonchev–Trinajstić information content (AvgIpc) is 2.85. The summed E-state index contributed by atoms with van der Waals surface area (Å²) in [4.78, 5) is 4.91. The number of rotatable bonds is 5. The molecule has 2 nitrogen and oxygen atoms in total. The Balaban J connectivity index is 0.00000132. The first-order valence-electron chi connectivity index (χ1n) is 10.8. The summed E-state index contributed by atoms with van der Waals surface area (Å²) in [5.74, 6) is 0.543. The van der Waals surface area contributed by atoms with Gasteiger partial charge in [0.1, 0.15) is 5.84 Å². The van der Waals surface area contributed by atoms with E-state index in [0.717, 1.165) is 16.5 Å². The third-order valence-electron chi connectivity index (χ3n) is 5.10.